The van der Waals surface area contributed by atoms with Gasteiger partial charge in [-0.05, 0) is 38.1 Å². The summed E-state index contributed by atoms with van der Waals surface area (Å²) in [6.07, 6.45) is 5.86. The first-order valence-corrected chi connectivity index (χ1v) is 7.46. The molecule has 0 aliphatic heterocycles. The van der Waals surface area contributed by atoms with E-state index in [4.69, 9.17) is 0 Å². The Morgan fingerprint density at radius 3 is 2.80 bits per heavy atom. The number of carbonyl (C=O) groups excluding carboxylic acids is 1. The highest BCUT2D eigenvalue weighted by Gasteiger charge is 2.30. The number of hydrazone groups is 1. The molecule has 0 saturated heterocycles. The van der Waals surface area contributed by atoms with Crippen molar-refractivity contribution in [3.05, 3.63) is 54.5 Å². The van der Waals surface area contributed by atoms with Crippen LogP contribution in [0.15, 0.2) is 48.2 Å². The minimum Gasteiger partial charge on any atom is -0.277 e. The van der Waals surface area contributed by atoms with Crippen LogP contribution < -0.4 is 5.43 Å². The number of nitrogens with zero attached hydrogens (tertiary/aromatic N) is 5. The molecule has 8 nitrogen and oxygen atoms in total. The standard InChI is InChI=1S/C16H16FN7O/c1-16(2,24-10-18-9-21-24)15(25)23-20-8-12-7-19-22-14(12)11-3-5-13(17)6-4-11/h3-10H,1-2H3,(H,19,22)(H,23,25)/b20-8+. The van der Waals surface area contributed by atoms with Gasteiger partial charge in [0.15, 0.2) is 0 Å². The van der Waals surface area contributed by atoms with Gasteiger partial charge in [-0.15, -0.1) is 0 Å². The summed E-state index contributed by atoms with van der Waals surface area (Å²) in [6, 6.07) is 5.98. The van der Waals surface area contributed by atoms with Gasteiger partial charge in [0.2, 0.25) is 0 Å². The molecule has 2 heterocycles. The minimum atomic E-state index is -0.940. The maximum atomic E-state index is 13.0. The van der Waals surface area contributed by atoms with Gasteiger partial charge in [0.05, 0.1) is 18.1 Å². The second-order valence-electron chi connectivity index (χ2n) is 5.81. The molecule has 9 heteroatoms. The summed E-state index contributed by atoms with van der Waals surface area (Å²) in [5.41, 5.74) is 3.63. The Hall–Kier alpha value is -3.36. The van der Waals surface area contributed by atoms with E-state index in [-0.39, 0.29) is 11.7 Å². The quantitative estimate of drug-likeness (QED) is 0.545. The van der Waals surface area contributed by atoms with Gasteiger partial charge in [0.1, 0.15) is 24.0 Å². The first kappa shape index (κ1) is 16.5. The molecule has 0 saturated carbocycles. The lowest BCUT2D eigenvalue weighted by atomic mass is 10.1. The molecular weight excluding hydrogens is 325 g/mol. The van der Waals surface area contributed by atoms with Gasteiger partial charge in [-0.2, -0.15) is 15.3 Å². The molecule has 1 aromatic carbocycles. The van der Waals surface area contributed by atoms with E-state index >= 15 is 0 Å². The number of aromatic nitrogens is 5. The fraction of sp³-hybridized carbons (Fsp3) is 0.188. The van der Waals surface area contributed by atoms with Crippen LogP contribution in [0.25, 0.3) is 11.3 Å². The number of nitrogens with one attached hydrogen (secondary N) is 2. The highest BCUT2D eigenvalue weighted by Crippen LogP contribution is 2.20. The minimum absolute atomic E-state index is 0.318. The smallest absolute Gasteiger partial charge is 0.267 e. The number of halogens is 1. The van der Waals surface area contributed by atoms with Crippen molar-refractivity contribution >= 4 is 12.1 Å². The van der Waals surface area contributed by atoms with E-state index in [1.807, 2.05) is 0 Å². The number of carbonyl (C=O) groups is 1. The Morgan fingerprint density at radius 2 is 2.12 bits per heavy atom. The van der Waals surface area contributed by atoms with Crippen LogP contribution in [0.4, 0.5) is 4.39 Å². The third-order valence-corrected chi connectivity index (χ3v) is 3.72. The first-order chi connectivity index (χ1) is 12.0. The van der Waals surface area contributed by atoms with E-state index in [1.165, 1.54) is 35.7 Å². The number of aromatic amines is 1. The molecule has 1 amide bonds. The molecule has 0 aliphatic carbocycles. The average molecular weight is 341 g/mol. The maximum absolute atomic E-state index is 13.0. The van der Waals surface area contributed by atoms with Gasteiger partial charge in [0, 0.05) is 11.1 Å². The van der Waals surface area contributed by atoms with E-state index in [0.29, 0.717) is 11.3 Å². The third kappa shape index (κ3) is 3.44. The van der Waals surface area contributed by atoms with Crippen molar-refractivity contribution in [2.45, 2.75) is 19.4 Å². The van der Waals surface area contributed by atoms with Crippen molar-refractivity contribution < 1.29 is 9.18 Å². The van der Waals surface area contributed by atoms with Crippen molar-refractivity contribution in [1.29, 1.82) is 0 Å². The highest BCUT2D eigenvalue weighted by atomic mass is 19.1. The molecule has 0 unspecified atom stereocenters. The molecule has 0 fully saturated rings. The van der Waals surface area contributed by atoms with Crippen LogP contribution in [0.3, 0.4) is 0 Å². The Morgan fingerprint density at radius 1 is 1.36 bits per heavy atom. The molecular formula is C16H16FN7O. The molecule has 0 radical (unpaired) electrons. The van der Waals surface area contributed by atoms with E-state index in [9.17, 15) is 9.18 Å². The number of amides is 1. The molecule has 3 rings (SSSR count). The Kier molecular flexibility index (Phi) is 4.38. The van der Waals surface area contributed by atoms with Crippen LogP contribution in [0, 0.1) is 5.82 Å². The zero-order valence-electron chi connectivity index (χ0n) is 13.6. The fourth-order valence-corrected chi connectivity index (χ4v) is 2.14. The van der Waals surface area contributed by atoms with Gasteiger partial charge in [-0.3, -0.25) is 9.89 Å². The van der Waals surface area contributed by atoms with Crippen LogP contribution in [0.1, 0.15) is 19.4 Å². The van der Waals surface area contributed by atoms with E-state index in [0.717, 1.165) is 5.56 Å². The normalized spacial score (nSPS) is 11.8. The van der Waals surface area contributed by atoms with Crippen molar-refractivity contribution in [2.75, 3.05) is 0 Å². The fourth-order valence-electron chi connectivity index (χ4n) is 2.14. The number of hydrogen-bond donors (Lipinski definition) is 2. The van der Waals surface area contributed by atoms with Crippen LogP contribution in [0.5, 0.6) is 0 Å². The average Bonchev–Trinajstić information content (AvgIpc) is 3.27. The van der Waals surface area contributed by atoms with Crippen LogP contribution in [0.2, 0.25) is 0 Å². The summed E-state index contributed by atoms with van der Waals surface area (Å²) in [4.78, 5) is 16.1. The lowest BCUT2D eigenvalue weighted by Gasteiger charge is -2.21. The lowest BCUT2D eigenvalue weighted by molar-refractivity contribution is -0.128. The van der Waals surface area contributed by atoms with E-state index < -0.39 is 5.54 Å². The van der Waals surface area contributed by atoms with Crippen molar-refractivity contribution in [1.82, 2.24) is 30.4 Å². The van der Waals surface area contributed by atoms with Crippen molar-refractivity contribution in [3.63, 3.8) is 0 Å². The summed E-state index contributed by atoms with van der Waals surface area (Å²) in [5, 5.41) is 14.7. The predicted molar refractivity (Wildman–Crippen MR) is 89.1 cm³/mol. The Labute approximate surface area is 142 Å². The monoisotopic (exact) mass is 341 g/mol. The van der Waals surface area contributed by atoms with Crippen molar-refractivity contribution in [3.8, 4) is 11.3 Å². The molecule has 128 valence electrons. The lowest BCUT2D eigenvalue weighted by Crippen LogP contribution is -2.42. The SMILES string of the molecule is CC(C)(C(=O)N/N=C/c1cn[nH]c1-c1ccc(F)cc1)n1cncn1. The second-order valence-corrected chi connectivity index (χ2v) is 5.81. The molecule has 0 atom stereocenters. The van der Waals surface area contributed by atoms with Gasteiger partial charge in [-0.25, -0.2) is 19.5 Å². The topological polar surface area (TPSA) is 101 Å². The maximum Gasteiger partial charge on any atom is 0.267 e. The number of rotatable bonds is 5. The van der Waals surface area contributed by atoms with Crippen molar-refractivity contribution in [2.24, 2.45) is 5.10 Å². The van der Waals surface area contributed by atoms with Crippen LogP contribution >= 0.6 is 0 Å². The Balaban J connectivity index is 1.72. The van der Waals surface area contributed by atoms with Gasteiger partial charge in [0.25, 0.3) is 5.91 Å². The first-order valence-electron chi connectivity index (χ1n) is 7.46. The van der Waals surface area contributed by atoms with Gasteiger partial charge < -0.3 is 0 Å². The largest absolute Gasteiger partial charge is 0.277 e. The zero-order valence-corrected chi connectivity index (χ0v) is 13.6. The summed E-state index contributed by atoms with van der Waals surface area (Å²) < 4.78 is 14.5. The summed E-state index contributed by atoms with van der Waals surface area (Å²) in [7, 11) is 0. The Bertz CT molecular complexity index is 882. The van der Waals surface area contributed by atoms with E-state index in [1.54, 1.807) is 32.2 Å². The van der Waals surface area contributed by atoms with E-state index in [2.05, 4.69) is 30.8 Å². The van der Waals surface area contributed by atoms with Gasteiger partial charge >= 0.3 is 0 Å². The van der Waals surface area contributed by atoms with Crippen LogP contribution in [-0.4, -0.2) is 37.1 Å². The van der Waals surface area contributed by atoms with Gasteiger partial charge in [-0.1, -0.05) is 0 Å². The van der Waals surface area contributed by atoms with Crippen LogP contribution in [-0.2, 0) is 10.3 Å². The molecule has 3 aromatic rings. The number of benzene rings is 1. The third-order valence-electron chi connectivity index (χ3n) is 3.72. The highest BCUT2D eigenvalue weighted by molar-refractivity contribution is 5.90. The summed E-state index contributed by atoms with van der Waals surface area (Å²) in [5.74, 6) is -0.665. The summed E-state index contributed by atoms with van der Waals surface area (Å²) >= 11 is 0. The number of hydrogen-bond acceptors (Lipinski definition) is 5. The number of H-pyrrole nitrogens is 1. The molecule has 0 aliphatic rings. The zero-order chi connectivity index (χ0) is 17.9. The molecule has 2 N–H and O–H groups in total. The molecule has 0 spiro atoms. The molecule has 0 bridgehead atoms. The second kappa shape index (κ2) is 6.63. The molecule has 25 heavy (non-hydrogen) atoms. The summed E-state index contributed by atoms with van der Waals surface area (Å²) in [6.45, 7) is 3.41. The molecule has 2 aromatic heterocycles. The predicted octanol–water partition coefficient (Wildman–Crippen LogP) is 1.69.